The van der Waals surface area contributed by atoms with Crippen LogP contribution in [-0.2, 0) is 6.54 Å². The van der Waals surface area contributed by atoms with E-state index in [2.05, 4.69) is 24.1 Å². The Balaban J connectivity index is 1.90. The van der Waals surface area contributed by atoms with E-state index in [0.29, 0.717) is 12.5 Å². The minimum Gasteiger partial charge on any atom is -0.387 e. The van der Waals surface area contributed by atoms with E-state index in [1.54, 1.807) is 11.3 Å². The first kappa shape index (κ1) is 16.0. The van der Waals surface area contributed by atoms with Gasteiger partial charge in [-0.2, -0.15) is 0 Å². The van der Waals surface area contributed by atoms with Crippen LogP contribution in [0.1, 0.15) is 42.1 Å². The standard InChI is InChI=1S/C15H18F2N2OS/c1-9(2)15-19-10(8-21-15)6-18-7-13(20)14-11(16)4-3-5-12(14)17/h3-5,8-9,13,18,20H,6-7H2,1-2H3. The second-order valence-corrected chi connectivity index (χ2v) is 6.00. The third-order valence-corrected chi connectivity index (χ3v) is 4.23. The zero-order chi connectivity index (χ0) is 15.4. The lowest BCUT2D eigenvalue weighted by molar-refractivity contribution is 0.164. The Morgan fingerprint density at radius 2 is 1.95 bits per heavy atom. The average Bonchev–Trinajstić information content (AvgIpc) is 2.87. The number of hydrogen-bond donors (Lipinski definition) is 2. The fraction of sp³-hybridized carbons (Fsp3) is 0.400. The largest absolute Gasteiger partial charge is 0.387 e. The van der Waals surface area contributed by atoms with Gasteiger partial charge in [0.05, 0.1) is 22.4 Å². The van der Waals surface area contributed by atoms with Crippen molar-refractivity contribution in [2.24, 2.45) is 0 Å². The van der Waals surface area contributed by atoms with Gasteiger partial charge < -0.3 is 10.4 Å². The smallest absolute Gasteiger partial charge is 0.131 e. The fourth-order valence-electron chi connectivity index (χ4n) is 1.94. The summed E-state index contributed by atoms with van der Waals surface area (Å²) in [6.45, 7) is 4.66. The lowest BCUT2D eigenvalue weighted by Crippen LogP contribution is -2.22. The fourth-order valence-corrected chi connectivity index (χ4v) is 2.77. The van der Waals surface area contributed by atoms with Gasteiger partial charge in [-0.1, -0.05) is 19.9 Å². The summed E-state index contributed by atoms with van der Waals surface area (Å²) in [7, 11) is 0. The molecule has 6 heteroatoms. The summed E-state index contributed by atoms with van der Waals surface area (Å²) in [5, 5.41) is 15.9. The van der Waals surface area contributed by atoms with Crippen LogP contribution in [0, 0.1) is 11.6 Å². The summed E-state index contributed by atoms with van der Waals surface area (Å²) in [5.74, 6) is -1.10. The Morgan fingerprint density at radius 1 is 1.29 bits per heavy atom. The average molecular weight is 312 g/mol. The van der Waals surface area contributed by atoms with Crippen molar-refractivity contribution < 1.29 is 13.9 Å². The van der Waals surface area contributed by atoms with Crippen LogP contribution in [0.4, 0.5) is 8.78 Å². The van der Waals surface area contributed by atoms with Crippen molar-refractivity contribution in [3.8, 4) is 0 Å². The molecule has 114 valence electrons. The molecule has 2 rings (SSSR count). The highest BCUT2D eigenvalue weighted by Gasteiger charge is 2.17. The third kappa shape index (κ3) is 4.06. The molecule has 0 radical (unpaired) electrons. The highest BCUT2D eigenvalue weighted by Crippen LogP contribution is 2.21. The predicted octanol–water partition coefficient (Wildman–Crippen LogP) is 3.37. The van der Waals surface area contributed by atoms with Gasteiger partial charge in [-0.25, -0.2) is 13.8 Å². The number of rotatable bonds is 6. The molecule has 21 heavy (non-hydrogen) atoms. The van der Waals surface area contributed by atoms with Gasteiger partial charge >= 0.3 is 0 Å². The van der Waals surface area contributed by atoms with E-state index >= 15 is 0 Å². The molecule has 0 fully saturated rings. The van der Waals surface area contributed by atoms with Crippen LogP contribution >= 0.6 is 11.3 Å². The van der Waals surface area contributed by atoms with E-state index in [1.807, 2.05) is 5.38 Å². The van der Waals surface area contributed by atoms with E-state index in [4.69, 9.17) is 0 Å². The maximum absolute atomic E-state index is 13.5. The molecule has 0 spiro atoms. The zero-order valence-electron chi connectivity index (χ0n) is 11.9. The maximum Gasteiger partial charge on any atom is 0.131 e. The molecule has 1 aromatic carbocycles. The third-order valence-electron chi connectivity index (χ3n) is 3.04. The Bertz CT molecular complexity index is 581. The number of aromatic nitrogens is 1. The Kier molecular flexibility index (Phi) is 5.39. The Hall–Kier alpha value is -1.37. The molecule has 0 aliphatic carbocycles. The first-order chi connectivity index (χ1) is 9.99. The molecule has 0 aliphatic rings. The number of hydrogen-bond acceptors (Lipinski definition) is 4. The Labute approximate surface area is 126 Å². The van der Waals surface area contributed by atoms with Crippen molar-refractivity contribution in [3.63, 3.8) is 0 Å². The maximum atomic E-state index is 13.5. The molecule has 1 aromatic heterocycles. The molecule has 0 amide bonds. The minimum atomic E-state index is -1.23. The molecule has 0 aliphatic heterocycles. The summed E-state index contributed by atoms with van der Waals surface area (Å²) in [5.41, 5.74) is 0.566. The van der Waals surface area contributed by atoms with Crippen LogP contribution in [0.25, 0.3) is 0 Å². The molecule has 0 bridgehead atoms. The summed E-state index contributed by atoms with van der Waals surface area (Å²) >= 11 is 1.58. The van der Waals surface area contributed by atoms with Crippen molar-refractivity contribution in [2.45, 2.75) is 32.4 Å². The number of nitrogens with one attached hydrogen (secondary N) is 1. The van der Waals surface area contributed by atoms with Crippen molar-refractivity contribution in [1.29, 1.82) is 0 Å². The number of aliphatic hydroxyl groups is 1. The molecule has 3 nitrogen and oxygen atoms in total. The first-order valence-electron chi connectivity index (χ1n) is 6.76. The summed E-state index contributed by atoms with van der Waals surface area (Å²) in [4.78, 5) is 4.44. The lowest BCUT2D eigenvalue weighted by Gasteiger charge is -2.13. The predicted molar refractivity (Wildman–Crippen MR) is 79.2 cm³/mol. The molecule has 1 heterocycles. The summed E-state index contributed by atoms with van der Waals surface area (Å²) in [6.07, 6.45) is -1.23. The minimum absolute atomic E-state index is 0.0619. The van der Waals surface area contributed by atoms with Gasteiger partial charge in [0.1, 0.15) is 11.6 Å². The van der Waals surface area contributed by atoms with Crippen molar-refractivity contribution in [1.82, 2.24) is 10.3 Å². The van der Waals surface area contributed by atoms with Gasteiger partial charge in [0.2, 0.25) is 0 Å². The Morgan fingerprint density at radius 3 is 2.52 bits per heavy atom. The van der Waals surface area contributed by atoms with Crippen molar-refractivity contribution in [3.05, 3.63) is 51.5 Å². The first-order valence-corrected chi connectivity index (χ1v) is 7.64. The van der Waals surface area contributed by atoms with Crippen LogP contribution in [0.2, 0.25) is 0 Å². The van der Waals surface area contributed by atoms with E-state index in [-0.39, 0.29) is 12.1 Å². The normalized spacial score (nSPS) is 12.9. The molecule has 0 saturated heterocycles. The van der Waals surface area contributed by atoms with Gasteiger partial charge in [-0.15, -0.1) is 11.3 Å². The molecule has 0 saturated carbocycles. The van der Waals surface area contributed by atoms with Crippen molar-refractivity contribution in [2.75, 3.05) is 6.54 Å². The van der Waals surface area contributed by atoms with E-state index < -0.39 is 17.7 Å². The van der Waals surface area contributed by atoms with Crippen molar-refractivity contribution >= 4 is 11.3 Å². The number of nitrogens with zero attached hydrogens (tertiary/aromatic N) is 1. The van der Waals surface area contributed by atoms with Gasteiger partial charge in [0.15, 0.2) is 0 Å². The van der Waals surface area contributed by atoms with Gasteiger partial charge in [-0.3, -0.25) is 0 Å². The van der Waals surface area contributed by atoms with E-state index in [1.165, 1.54) is 6.07 Å². The summed E-state index contributed by atoms with van der Waals surface area (Å²) in [6, 6.07) is 3.55. The number of aliphatic hydroxyl groups excluding tert-OH is 1. The summed E-state index contributed by atoms with van der Waals surface area (Å²) < 4.78 is 27.0. The number of thiazole rings is 1. The molecule has 2 aromatic rings. The van der Waals surface area contributed by atoms with Crippen LogP contribution in [0.15, 0.2) is 23.6 Å². The monoisotopic (exact) mass is 312 g/mol. The van der Waals surface area contributed by atoms with Crippen LogP contribution in [-0.4, -0.2) is 16.6 Å². The highest BCUT2D eigenvalue weighted by molar-refractivity contribution is 7.09. The zero-order valence-corrected chi connectivity index (χ0v) is 12.8. The van der Waals surface area contributed by atoms with Crippen LogP contribution in [0.5, 0.6) is 0 Å². The quantitative estimate of drug-likeness (QED) is 0.859. The molecular weight excluding hydrogens is 294 g/mol. The van der Waals surface area contributed by atoms with Gasteiger partial charge in [-0.05, 0) is 12.1 Å². The topological polar surface area (TPSA) is 45.2 Å². The van der Waals surface area contributed by atoms with Crippen LogP contribution in [0.3, 0.4) is 0 Å². The van der Waals surface area contributed by atoms with E-state index in [9.17, 15) is 13.9 Å². The second-order valence-electron chi connectivity index (χ2n) is 5.11. The van der Waals surface area contributed by atoms with E-state index in [0.717, 1.165) is 22.8 Å². The molecular formula is C15H18F2N2OS. The molecule has 1 atom stereocenters. The number of halogens is 2. The SMILES string of the molecule is CC(C)c1nc(CNCC(O)c2c(F)cccc2F)cs1. The van der Waals surface area contributed by atoms with Gasteiger partial charge in [0, 0.05) is 24.4 Å². The van der Waals surface area contributed by atoms with Crippen LogP contribution < -0.4 is 5.32 Å². The number of benzene rings is 1. The highest BCUT2D eigenvalue weighted by atomic mass is 32.1. The second kappa shape index (κ2) is 7.06. The molecule has 2 N–H and O–H groups in total. The lowest BCUT2D eigenvalue weighted by atomic mass is 10.1. The molecule has 1 unspecified atom stereocenters. The van der Waals surface area contributed by atoms with Gasteiger partial charge in [0.25, 0.3) is 0 Å².